The normalized spacial score (nSPS) is 16.8. The second kappa shape index (κ2) is 8.78. The van der Waals surface area contributed by atoms with Gasteiger partial charge < -0.3 is 9.94 Å². The Morgan fingerprint density at radius 1 is 1.00 bits per heavy atom. The minimum absolute atomic E-state index is 0.0604. The van der Waals surface area contributed by atoms with Crippen molar-refractivity contribution in [3.05, 3.63) is 105 Å². The molecule has 0 aliphatic heterocycles. The van der Waals surface area contributed by atoms with E-state index in [1.165, 1.54) is 11.6 Å². The van der Waals surface area contributed by atoms with Gasteiger partial charge in [-0.2, -0.15) is 0 Å². The molecule has 3 aromatic rings. The molecule has 1 unspecified atom stereocenters. The van der Waals surface area contributed by atoms with E-state index >= 15 is 0 Å². The Morgan fingerprint density at radius 2 is 1.77 bits per heavy atom. The number of oxime groups is 1. The maximum atomic E-state index is 11.5. The molecule has 0 amide bonds. The number of rotatable bonds is 6. The van der Waals surface area contributed by atoms with Crippen LogP contribution in [0.15, 0.2) is 78.0 Å². The van der Waals surface area contributed by atoms with Crippen molar-refractivity contribution in [2.24, 2.45) is 5.16 Å². The summed E-state index contributed by atoms with van der Waals surface area (Å²) in [7, 11) is 0. The van der Waals surface area contributed by atoms with Crippen LogP contribution in [0.4, 0.5) is 5.69 Å². The molecule has 3 aromatic carbocycles. The molecule has 0 spiro atoms. The van der Waals surface area contributed by atoms with E-state index in [4.69, 9.17) is 4.74 Å². The number of aryl methyl sites for hydroxylation is 1. The van der Waals surface area contributed by atoms with Gasteiger partial charge >= 0.3 is 5.69 Å². The Bertz CT molecular complexity index is 1080. The van der Waals surface area contributed by atoms with Crippen LogP contribution in [0, 0.1) is 10.1 Å². The van der Waals surface area contributed by atoms with Gasteiger partial charge in [0.05, 0.1) is 10.6 Å². The standard InChI is InChI=1S/C24H22N2O4/c27-25-22-12-11-19-8-4-5-9-20(19)21(22)14-18-10-13-23(26(28)29)24(15-18)30-16-17-6-2-1-3-7-17/h1-10,13,15,21,27H,11-12,14,16H2. The molecule has 1 N–H and O–H groups in total. The number of hydrogen-bond donors (Lipinski definition) is 1. The SMILES string of the molecule is O=[N+]([O-])c1ccc(CC2C(=NO)CCc3ccccc32)cc1OCc1ccccc1. The van der Waals surface area contributed by atoms with Crippen LogP contribution < -0.4 is 4.74 Å². The van der Waals surface area contributed by atoms with Crippen LogP contribution in [0.5, 0.6) is 5.75 Å². The zero-order chi connectivity index (χ0) is 20.9. The first-order chi connectivity index (χ1) is 14.7. The van der Waals surface area contributed by atoms with Gasteiger partial charge in [-0.1, -0.05) is 65.8 Å². The third-order valence-electron chi connectivity index (χ3n) is 5.51. The Kier molecular flexibility index (Phi) is 5.75. The molecular formula is C24H22N2O4. The van der Waals surface area contributed by atoms with Gasteiger partial charge in [0.1, 0.15) is 6.61 Å². The highest BCUT2D eigenvalue weighted by molar-refractivity contribution is 5.92. The van der Waals surface area contributed by atoms with Gasteiger partial charge in [0.25, 0.3) is 0 Å². The first-order valence-corrected chi connectivity index (χ1v) is 9.88. The summed E-state index contributed by atoms with van der Waals surface area (Å²) in [5.41, 5.74) is 4.90. The molecule has 152 valence electrons. The van der Waals surface area contributed by atoms with Crippen molar-refractivity contribution in [2.45, 2.75) is 31.8 Å². The highest BCUT2D eigenvalue weighted by Gasteiger charge is 2.27. The van der Waals surface area contributed by atoms with E-state index < -0.39 is 4.92 Å². The maximum absolute atomic E-state index is 11.5. The molecular weight excluding hydrogens is 380 g/mol. The van der Waals surface area contributed by atoms with E-state index in [9.17, 15) is 15.3 Å². The summed E-state index contributed by atoms with van der Waals surface area (Å²) in [6.45, 7) is 0.251. The van der Waals surface area contributed by atoms with Gasteiger partial charge in [-0.25, -0.2) is 0 Å². The van der Waals surface area contributed by atoms with Crippen molar-refractivity contribution in [2.75, 3.05) is 0 Å². The van der Waals surface area contributed by atoms with E-state index in [1.54, 1.807) is 12.1 Å². The molecule has 0 heterocycles. The van der Waals surface area contributed by atoms with Gasteiger partial charge in [-0.15, -0.1) is 0 Å². The average molecular weight is 402 g/mol. The summed E-state index contributed by atoms with van der Waals surface area (Å²) in [6, 6.07) is 22.7. The molecule has 1 aliphatic rings. The zero-order valence-corrected chi connectivity index (χ0v) is 16.4. The van der Waals surface area contributed by atoms with Gasteiger partial charge in [0.2, 0.25) is 0 Å². The number of nitro benzene ring substituents is 1. The van der Waals surface area contributed by atoms with E-state index in [2.05, 4.69) is 17.3 Å². The first-order valence-electron chi connectivity index (χ1n) is 9.88. The number of hydrogen-bond acceptors (Lipinski definition) is 5. The Balaban J connectivity index is 1.62. The number of nitrogens with zero attached hydrogens (tertiary/aromatic N) is 2. The van der Waals surface area contributed by atoms with Crippen molar-refractivity contribution in [1.29, 1.82) is 0 Å². The van der Waals surface area contributed by atoms with Crippen molar-refractivity contribution in [1.82, 2.24) is 0 Å². The molecule has 0 radical (unpaired) electrons. The highest BCUT2D eigenvalue weighted by Crippen LogP contribution is 2.35. The molecule has 0 fully saturated rings. The van der Waals surface area contributed by atoms with Gasteiger partial charge in [0, 0.05) is 12.0 Å². The lowest BCUT2D eigenvalue weighted by molar-refractivity contribution is -0.386. The largest absolute Gasteiger partial charge is 0.482 e. The lowest BCUT2D eigenvalue weighted by Gasteiger charge is -2.26. The van der Waals surface area contributed by atoms with E-state index in [1.807, 2.05) is 42.5 Å². The molecule has 0 bridgehead atoms. The number of nitro groups is 1. The molecule has 0 aromatic heterocycles. The fraction of sp³-hybridized carbons (Fsp3) is 0.208. The summed E-state index contributed by atoms with van der Waals surface area (Å²) < 4.78 is 5.82. The van der Waals surface area contributed by atoms with Crippen molar-refractivity contribution < 1.29 is 14.9 Å². The highest BCUT2D eigenvalue weighted by atomic mass is 16.6. The Hall–Kier alpha value is -3.67. The minimum atomic E-state index is -0.430. The molecule has 6 heteroatoms. The number of ether oxygens (including phenoxy) is 1. The van der Waals surface area contributed by atoms with Crippen LogP contribution in [0.3, 0.4) is 0 Å². The lowest BCUT2D eigenvalue weighted by atomic mass is 9.78. The van der Waals surface area contributed by atoms with Crippen LogP contribution in [0.2, 0.25) is 0 Å². The average Bonchev–Trinajstić information content (AvgIpc) is 2.78. The third kappa shape index (κ3) is 4.17. The fourth-order valence-electron chi connectivity index (χ4n) is 3.99. The predicted octanol–water partition coefficient (Wildman–Crippen LogP) is 5.28. The summed E-state index contributed by atoms with van der Waals surface area (Å²) in [4.78, 5) is 11.0. The van der Waals surface area contributed by atoms with Crippen molar-refractivity contribution in [3.63, 3.8) is 0 Å². The predicted molar refractivity (Wildman–Crippen MR) is 114 cm³/mol. The topological polar surface area (TPSA) is 85.0 Å². The minimum Gasteiger partial charge on any atom is -0.482 e. The molecule has 4 rings (SSSR count). The Morgan fingerprint density at radius 3 is 2.53 bits per heavy atom. The van der Waals surface area contributed by atoms with Crippen LogP contribution in [-0.4, -0.2) is 15.8 Å². The monoisotopic (exact) mass is 402 g/mol. The molecule has 0 saturated carbocycles. The van der Waals surface area contributed by atoms with E-state index in [-0.39, 0.29) is 24.0 Å². The van der Waals surface area contributed by atoms with Crippen LogP contribution in [-0.2, 0) is 19.4 Å². The summed E-state index contributed by atoms with van der Waals surface area (Å²) in [5.74, 6) is 0.177. The van der Waals surface area contributed by atoms with Crippen LogP contribution in [0.25, 0.3) is 0 Å². The molecule has 1 aliphatic carbocycles. The van der Waals surface area contributed by atoms with Gasteiger partial charge in [0.15, 0.2) is 5.75 Å². The van der Waals surface area contributed by atoms with Crippen molar-refractivity contribution >= 4 is 11.4 Å². The van der Waals surface area contributed by atoms with Crippen LogP contribution >= 0.6 is 0 Å². The third-order valence-corrected chi connectivity index (χ3v) is 5.51. The second-order valence-electron chi connectivity index (χ2n) is 7.38. The zero-order valence-electron chi connectivity index (χ0n) is 16.4. The van der Waals surface area contributed by atoms with Gasteiger partial charge in [-0.3, -0.25) is 10.1 Å². The molecule has 0 saturated heterocycles. The lowest BCUT2D eigenvalue weighted by Crippen LogP contribution is -2.22. The summed E-state index contributed by atoms with van der Waals surface area (Å²) in [5, 5.41) is 24.5. The van der Waals surface area contributed by atoms with Crippen molar-refractivity contribution in [3.8, 4) is 5.75 Å². The molecule has 1 atom stereocenters. The van der Waals surface area contributed by atoms with E-state index in [0.29, 0.717) is 12.8 Å². The summed E-state index contributed by atoms with van der Waals surface area (Å²) in [6.07, 6.45) is 2.12. The number of fused-ring (bicyclic) bond motifs is 1. The maximum Gasteiger partial charge on any atom is 0.310 e. The first kappa shape index (κ1) is 19.6. The second-order valence-corrected chi connectivity index (χ2v) is 7.38. The van der Waals surface area contributed by atoms with Gasteiger partial charge in [-0.05, 0) is 47.6 Å². The molecule has 30 heavy (non-hydrogen) atoms. The number of benzene rings is 3. The summed E-state index contributed by atoms with van der Waals surface area (Å²) >= 11 is 0. The fourth-order valence-corrected chi connectivity index (χ4v) is 3.99. The van der Waals surface area contributed by atoms with E-state index in [0.717, 1.165) is 28.8 Å². The Labute approximate surface area is 174 Å². The van der Waals surface area contributed by atoms with Crippen LogP contribution in [0.1, 0.15) is 34.6 Å². The quantitative estimate of drug-likeness (QED) is 0.345. The molecule has 6 nitrogen and oxygen atoms in total. The smallest absolute Gasteiger partial charge is 0.310 e.